The first kappa shape index (κ1) is 14.8. The first-order valence-corrected chi connectivity index (χ1v) is 6.98. The van der Waals surface area contributed by atoms with E-state index in [4.69, 9.17) is 9.39 Å². The molecule has 1 aliphatic rings. The van der Waals surface area contributed by atoms with E-state index in [1.54, 1.807) is 0 Å². The third-order valence-electron chi connectivity index (χ3n) is 2.52. The molecule has 8 heteroatoms. The first-order valence-electron chi connectivity index (χ1n) is 5.40. The molecule has 1 rings (SSSR count). The van der Waals surface area contributed by atoms with E-state index in [9.17, 15) is 18.0 Å². The third-order valence-corrected chi connectivity index (χ3v) is 3.80. The van der Waals surface area contributed by atoms with Crippen LogP contribution < -0.4 is 5.48 Å². The molecule has 0 aromatic carbocycles. The maximum Gasteiger partial charge on any atom is 0.268 e. The van der Waals surface area contributed by atoms with Crippen LogP contribution in [0.25, 0.3) is 0 Å². The highest BCUT2D eigenvalue weighted by atomic mass is 32.2. The van der Waals surface area contributed by atoms with E-state index >= 15 is 0 Å². The molecule has 1 saturated carbocycles. The summed E-state index contributed by atoms with van der Waals surface area (Å²) in [4.78, 5) is 22.0. The molecule has 2 N–H and O–H groups in total. The van der Waals surface area contributed by atoms with Gasteiger partial charge in [-0.25, -0.2) is 5.48 Å². The zero-order valence-corrected chi connectivity index (χ0v) is 10.5. The highest BCUT2D eigenvalue weighted by molar-refractivity contribution is 7.86. The molecular weight excluding hydrogens is 262 g/mol. The second-order valence-electron chi connectivity index (χ2n) is 4.00. The van der Waals surface area contributed by atoms with Crippen molar-refractivity contribution in [3.05, 3.63) is 12.2 Å². The van der Waals surface area contributed by atoms with Gasteiger partial charge in [0.25, 0.3) is 10.1 Å². The average molecular weight is 277 g/mol. The Labute approximate surface area is 105 Å². The average Bonchev–Trinajstić information content (AvgIpc) is 2.60. The van der Waals surface area contributed by atoms with Crippen molar-refractivity contribution >= 4 is 21.8 Å². The van der Waals surface area contributed by atoms with Gasteiger partial charge in [-0.15, -0.1) is 0 Å². The van der Waals surface area contributed by atoms with Crippen molar-refractivity contribution in [1.82, 2.24) is 5.48 Å². The summed E-state index contributed by atoms with van der Waals surface area (Å²) in [6, 6.07) is 0. The summed E-state index contributed by atoms with van der Waals surface area (Å²) >= 11 is 0. The summed E-state index contributed by atoms with van der Waals surface area (Å²) in [5.41, 5.74) is 1.85. The Morgan fingerprint density at radius 1 is 1.50 bits per heavy atom. The van der Waals surface area contributed by atoms with Gasteiger partial charge in [0.15, 0.2) is 11.9 Å². The molecule has 7 nitrogen and oxygen atoms in total. The molecule has 102 valence electrons. The van der Waals surface area contributed by atoms with E-state index in [-0.39, 0.29) is 25.0 Å². The van der Waals surface area contributed by atoms with Gasteiger partial charge in [-0.1, -0.05) is 6.58 Å². The number of hydrogen-bond acceptors (Lipinski definition) is 6. The molecule has 0 aromatic heterocycles. The van der Waals surface area contributed by atoms with Gasteiger partial charge in [0, 0.05) is 12.8 Å². The molecule has 0 aliphatic heterocycles. The fraction of sp³-hybridized carbons (Fsp3) is 0.600. The normalized spacial score (nSPS) is 20.2. The van der Waals surface area contributed by atoms with Crippen molar-refractivity contribution in [3.8, 4) is 0 Å². The zero-order valence-electron chi connectivity index (χ0n) is 9.72. The summed E-state index contributed by atoms with van der Waals surface area (Å²) in [5.74, 6) is -1.36. The second kappa shape index (κ2) is 6.07. The Morgan fingerprint density at radius 3 is 2.67 bits per heavy atom. The van der Waals surface area contributed by atoms with Gasteiger partial charge in [0.1, 0.15) is 0 Å². The highest BCUT2D eigenvalue weighted by Gasteiger charge is 2.33. The monoisotopic (exact) mass is 277 g/mol. The van der Waals surface area contributed by atoms with Gasteiger partial charge < -0.3 is 0 Å². The van der Waals surface area contributed by atoms with E-state index in [1.165, 1.54) is 5.48 Å². The summed E-state index contributed by atoms with van der Waals surface area (Å²) in [6.07, 6.45) is -0.541. The van der Waals surface area contributed by atoms with Crippen molar-refractivity contribution in [2.24, 2.45) is 0 Å². The molecule has 1 unspecified atom stereocenters. The third kappa shape index (κ3) is 4.21. The lowest BCUT2D eigenvalue weighted by atomic mass is 10.2. The molecule has 0 spiro atoms. The smallest absolute Gasteiger partial charge is 0.268 e. The van der Waals surface area contributed by atoms with E-state index in [2.05, 4.69) is 6.58 Å². The maximum atomic E-state index is 11.5. The van der Waals surface area contributed by atoms with Gasteiger partial charge >= 0.3 is 0 Å². The van der Waals surface area contributed by atoms with Gasteiger partial charge in [-0.3, -0.25) is 19.0 Å². The predicted molar refractivity (Wildman–Crippen MR) is 61.2 cm³/mol. The summed E-state index contributed by atoms with van der Waals surface area (Å²) < 4.78 is 27.8. The predicted octanol–water partition coefficient (Wildman–Crippen LogP) is -0.0939. The van der Waals surface area contributed by atoms with E-state index in [0.29, 0.717) is 12.0 Å². The van der Waals surface area contributed by atoms with Gasteiger partial charge in [0.2, 0.25) is 5.91 Å². The summed E-state index contributed by atoms with van der Waals surface area (Å²) in [5, 5.41) is 8.23. The SMILES string of the molecule is C=C1CCC(=O)C1OS(=O)(=O)CCCC(=O)NO. The Balaban J connectivity index is 2.47. The molecule has 18 heavy (non-hydrogen) atoms. The van der Waals surface area contributed by atoms with Crippen molar-refractivity contribution in [2.45, 2.75) is 31.8 Å². The lowest BCUT2D eigenvalue weighted by molar-refractivity contribution is -0.129. The molecule has 1 fully saturated rings. The number of rotatable bonds is 6. The van der Waals surface area contributed by atoms with Crippen molar-refractivity contribution in [3.63, 3.8) is 0 Å². The number of amides is 1. The van der Waals surface area contributed by atoms with Crippen molar-refractivity contribution in [1.29, 1.82) is 0 Å². The summed E-state index contributed by atoms with van der Waals surface area (Å²) in [6.45, 7) is 3.58. The fourth-order valence-electron chi connectivity index (χ4n) is 1.56. The van der Waals surface area contributed by atoms with Crippen LogP contribution in [0.2, 0.25) is 0 Å². The quantitative estimate of drug-likeness (QED) is 0.304. The van der Waals surface area contributed by atoms with Crippen LogP contribution in [0.5, 0.6) is 0 Å². The Morgan fingerprint density at radius 2 is 2.17 bits per heavy atom. The van der Waals surface area contributed by atoms with Crippen LogP contribution in [0.3, 0.4) is 0 Å². The van der Waals surface area contributed by atoms with Crippen LogP contribution in [0.15, 0.2) is 12.2 Å². The highest BCUT2D eigenvalue weighted by Crippen LogP contribution is 2.24. The number of hydroxylamine groups is 1. The minimum absolute atomic E-state index is 0.00210. The van der Waals surface area contributed by atoms with E-state index in [1.807, 2.05) is 0 Å². The van der Waals surface area contributed by atoms with Gasteiger partial charge in [-0.05, 0) is 18.4 Å². The number of carbonyl (C=O) groups excluding carboxylic acids is 2. The molecule has 0 bridgehead atoms. The molecule has 1 amide bonds. The molecule has 1 atom stereocenters. The van der Waals surface area contributed by atoms with E-state index in [0.717, 1.165) is 0 Å². The number of hydrogen-bond donors (Lipinski definition) is 2. The first-order chi connectivity index (χ1) is 8.35. The van der Waals surface area contributed by atoms with Crippen LogP contribution >= 0.6 is 0 Å². The van der Waals surface area contributed by atoms with E-state index < -0.39 is 27.9 Å². The van der Waals surface area contributed by atoms with Crippen molar-refractivity contribution in [2.75, 3.05) is 5.75 Å². The van der Waals surface area contributed by atoms with Crippen LogP contribution in [-0.2, 0) is 23.9 Å². The fourth-order valence-corrected chi connectivity index (χ4v) is 2.69. The maximum absolute atomic E-state index is 11.5. The lowest BCUT2D eigenvalue weighted by Gasteiger charge is -2.11. The molecule has 0 radical (unpaired) electrons. The lowest BCUT2D eigenvalue weighted by Crippen LogP contribution is -2.26. The number of Topliss-reactive ketones (excluding diaryl/α,β-unsaturated/α-hetero) is 1. The Hall–Kier alpha value is -1.25. The van der Waals surface area contributed by atoms with Crippen LogP contribution in [-0.4, -0.2) is 37.2 Å². The van der Waals surface area contributed by atoms with Gasteiger partial charge in [0.05, 0.1) is 5.75 Å². The number of carbonyl (C=O) groups is 2. The van der Waals surface area contributed by atoms with Gasteiger partial charge in [-0.2, -0.15) is 8.42 Å². The van der Waals surface area contributed by atoms with Crippen LogP contribution in [0, 0.1) is 0 Å². The second-order valence-corrected chi connectivity index (χ2v) is 5.72. The standard InChI is InChI=1S/C10H15NO6S/c1-7-4-5-8(12)10(7)17-18(15,16)6-2-3-9(13)11-14/h10,14H,1-6H2,(H,11,13). The Bertz CT molecular complexity index is 439. The van der Waals surface area contributed by atoms with Crippen molar-refractivity contribution < 1.29 is 27.4 Å². The summed E-state index contributed by atoms with van der Waals surface area (Å²) in [7, 11) is -3.88. The Kier molecular flexibility index (Phi) is 5.00. The number of ketones is 1. The van der Waals surface area contributed by atoms with Crippen LogP contribution in [0.1, 0.15) is 25.7 Å². The minimum Gasteiger partial charge on any atom is -0.296 e. The largest absolute Gasteiger partial charge is 0.296 e. The molecular formula is C10H15NO6S. The van der Waals surface area contributed by atoms with Crippen LogP contribution in [0.4, 0.5) is 0 Å². The molecule has 0 heterocycles. The molecule has 1 aliphatic carbocycles. The molecule has 0 aromatic rings. The minimum atomic E-state index is -3.88. The molecule has 0 saturated heterocycles. The topological polar surface area (TPSA) is 110 Å². The number of nitrogens with one attached hydrogen (secondary N) is 1. The zero-order chi connectivity index (χ0) is 13.8.